The van der Waals surface area contributed by atoms with E-state index in [9.17, 15) is 0 Å². The van der Waals surface area contributed by atoms with Gasteiger partial charge in [-0.25, -0.2) is 0 Å². The number of rotatable bonds is 4. The number of benzene rings is 5. The van der Waals surface area contributed by atoms with Crippen LogP contribution in [0.3, 0.4) is 0 Å². The van der Waals surface area contributed by atoms with Gasteiger partial charge in [0.2, 0.25) is 0 Å². The molecule has 7 aromatic rings. The second kappa shape index (κ2) is 10.1. The molecule has 0 radical (unpaired) electrons. The van der Waals surface area contributed by atoms with E-state index in [1.807, 2.05) is 12.2 Å². The summed E-state index contributed by atoms with van der Waals surface area (Å²) in [5.74, 6) is 0. The molecule has 1 aliphatic carbocycles. The van der Waals surface area contributed by atoms with E-state index < -0.39 is 18.3 Å². The first-order valence-corrected chi connectivity index (χ1v) is 16.2. The van der Waals surface area contributed by atoms with E-state index in [0.29, 0.717) is 0 Å². The maximum Gasteiger partial charge on any atom is 0.494 e. The molecule has 0 spiro atoms. The molecule has 1 aliphatic heterocycles. The van der Waals surface area contributed by atoms with E-state index in [4.69, 9.17) is 9.31 Å². The van der Waals surface area contributed by atoms with Crippen molar-refractivity contribution in [3.63, 3.8) is 0 Å². The van der Waals surface area contributed by atoms with Crippen LogP contribution in [0.2, 0.25) is 0 Å². The molecule has 2 aliphatic rings. The SMILES string of the molecule is CC1(C)OB(c2ccc3c(c2)c2cc(-c4ccc5c(c4)c4ccccc4n5-c4ccccc4)ccc2n3C2=C=C=CC=C2)OC1(C)C. The fourth-order valence-corrected chi connectivity index (χ4v) is 7.09. The van der Waals surface area contributed by atoms with Crippen LogP contribution in [0.5, 0.6) is 0 Å². The first kappa shape index (κ1) is 28.0. The van der Waals surface area contributed by atoms with Gasteiger partial charge in [-0.2, -0.15) is 0 Å². The molecule has 1 fully saturated rings. The van der Waals surface area contributed by atoms with Crippen molar-refractivity contribution in [1.82, 2.24) is 9.13 Å². The second-order valence-electron chi connectivity index (χ2n) is 13.5. The number of hydrogen-bond acceptors (Lipinski definition) is 2. The Hall–Kier alpha value is -5.28. The topological polar surface area (TPSA) is 28.3 Å². The third-order valence-electron chi connectivity index (χ3n) is 10.2. The molecule has 3 heterocycles. The molecule has 0 amide bonds. The molecule has 0 atom stereocenters. The van der Waals surface area contributed by atoms with Gasteiger partial charge in [0, 0.05) is 27.2 Å². The summed E-state index contributed by atoms with van der Waals surface area (Å²) < 4.78 is 17.6. The fourth-order valence-electron chi connectivity index (χ4n) is 7.09. The van der Waals surface area contributed by atoms with E-state index in [2.05, 4.69) is 164 Å². The van der Waals surface area contributed by atoms with Crippen LogP contribution in [0, 0.1) is 0 Å². The van der Waals surface area contributed by atoms with Crippen LogP contribution in [0.25, 0.3) is 66.1 Å². The van der Waals surface area contributed by atoms with Crippen LogP contribution in [0.4, 0.5) is 0 Å². The summed E-state index contributed by atoms with van der Waals surface area (Å²) in [7, 11) is -0.438. The molecule has 5 heteroatoms. The predicted octanol–water partition coefficient (Wildman–Crippen LogP) is 9.58. The van der Waals surface area contributed by atoms with Gasteiger partial charge in [-0.15, -0.1) is 0 Å². The zero-order chi connectivity index (χ0) is 31.9. The molecule has 0 saturated carbocycles. The summed E-state index contributed by atoms with van der Waals surface area (Å²) in [4.78, 5) is 0. The monoisotopic (exact) mass is 608 g/mol. The van der Waals surface area contributed by atoms with Gasteiger partial charge < -0.3 is 18.4 Å². The standard InChI is InChI=1S/C42H33BN2O2/c1-41(2)42(3,4)47-43(46-41)30-21-24-40-36(27-30)35-26-29(20-23-39(35)45(40)32-15-9-6-10-16-32)28-19-22-38-34(25-28)33-17-11-12-18-37(33)44(38)31-13-7-5-8-14-31/h5-9,11-15,17-27H,1-4H3. The fraction of sp³-hybridized carbons (Fsp3) is 0.143. The average Bonchev–Trinajstić information content (AvgIpc) is 3.68. The molecule has 9 rings (SSSR count). The Bertz CT molecular complexity index is 2540. The van der Waals surface area contributed by atoms with E-state index in [-0.39, 0.29) is 0 Å². The second-order valence-corrected chi connectivity index (χ2v) is 13.5. The Morgan fingerprint density at radius 3 is 1.83 bits per heavy atom. The Morgan fingerprint density at radius 2 is 1.15 bits per heavy atom. The molecule has 1 saturated heterocycles. The third kappa shape index (κ3) is 4.26. The van der Waals surface area contributed by atoms with Crippen LogP contribution in [-0.2, 0) is 9.31 Å². The van der Waals surface area contributed by atoms with Crippen molar-refractivity contribution in [3.05, 3.63) is 139 Å². The minimum Gasteiger partial charge on any atom is -0.399 e. The molecule has 0 N–H and O–H groups in total. The van der Waals surface area contributed by atoms with Gasteiger partial charge in [0.1, 0.15) is 0 Å². The Kier molecular flexibility index (Phi) is 6.02. The molecule has 2 aromatic heterocycles. The minimum absolute atomic E-state index is 0.412. The van der Waals surface area contributed by atoms with Gasteiger partial charge >= 0.3 is 7.12 Å². The van der Waals surface area contributed by atoms with Crippen LogP contribution >= 0.6 is 0 Å². The Labute approximate surface area is 274 Å². The average molecular weight is 609 g/mol. The van der Waals surface area contributed by atoms with Gasteiger partial charge in [-0.3, -0.25) is 0 Å². The third-order valence-corrected chi connectivity index (χ3v) is 10.2. The maximum absolute atomic E-state index is 6.46. The molecule has 0 unspecified atom stereocenters. The van der Waals surface area contributed by atoms with E-state index in [0.717, 1.165) is 33.3 Å². The minimum atomic E-state index is -0.438. The van der Waals surface area contributed by atoms with Crippen LogP contribution in [-0.4, -0.2) is 27.5 Å². The highest BCUT2D eigenvalue weighted by atomic mass is 16.7. The molecule has 47 heavy (non-hydrogen) atoms. The number of para-hydroxylation sites is 2. The zero-order valence-corrected chi connectivity index (χ0v) is 26.9. The van der Waals surface area contributed by atoms with Gasteiger partial charge in [-0.05, 0) is 111 Å². The zero-order valence-electron chi connectivity index (χ0n) is 26.9. The van der Waals surface area contributed by atoms with Crippen molar-refractivity contribution in [1.29, 1.82) is 0 Å². The largest absolute Gasteiger partial charge is 0.494 e. The van der Waals surface area contributed by atoms with Crippen molar-refractivity contribution >= 4 is 61.9 Å². The number of allylic oxidation sites excluding steroid dienone is 4. The highest BCUT2D eigenvalue weighted by molar-refractivity contribution is 6.62. The van der Waals surface area contributed by atoms with Crippen molar-refractivity contribution in [3.8, 4) is 16.8 Å². The van der Waals surface area contributed by atoms with E-state index in [1.165, 1.54) is 38.3 Å². The van der Waals surface area contributed by atoms with Crippen molar-refractivity contribution in [2.75, 3.05) is 0 Å². The normalized spacial score (nSPS) is 16.7. The molecule has 5 aromatic carbocycles. The predicted molar refractivity (Wildman–Crippen MR) is 195 cm³/mol. The number of hydrogen-bond donors (Lipinski definition) is 0. The Morgan fingerprint density at radius 1 is 0.574 bits per heavy atom. The highest BCUT2D eigenvalue weighted by Crippen LogP contribution is 2.40. The maximum atomic E-state index is 6.46. The number of fused-ring (bicyclic) bond motifs is 6. The lowest BCUT2D eigenvalue weighted by atomic mass is 9.78. The summed E-state index contributed by atoms with van der Waals surface area (Å²) in [6.07, 6.45) is 5.98. The first-order valence-electron chi connectivity index (χ1n) is 16.2. The number of aromatic nitrogens is 2. The van der Waals surface area contributed by atoms with Gasteiger partial charge in [0.05, 0.1) is 39.0 Å². The molecule has 4 nitrogen and oxygen atoms in total. The van der Waals surface area contributed by atoms with Gasteiger partial charge in [0.25, 0.3) is 0 Å². The van der Waals surface area contributed by atoms with Crippen molar-refractivity contribution in [2.24, 2.45) is 0 Å². The summed E-state index contributed by atoms with van der Waals surface area (Å²) in [5, 5.41) is 4.80. The Balaban J connectivity index is 1.25. The smallest absolute Gasteiger partial charge is 0.399 e. The summed E-state index contributed by atoms with van der Waals surface area (Å²) in [6.45, 7) is 8.39. The molecular weight excluding hydrogens is 575 g/mol. The lowest BCUT2D eigenvalue weighted by Gasteiger charge is -2.32. The molecular formula is C42H33BN2O2. The van der Waals surface area contributed by atoms with E-state index in [1.54, 1.807) is 0 Å². The van der Waals surface area contributed by atoms with Gasteiger partial charge in [0.15, 0.2) is 0 Å². The summed E-state index contributed by atoms with van der Waals surface area (Å²) >= 11 is 0. The highest BCUT2D eigenvalue weighted by Gasteiger charge is 2.51. The lowest BCUT2D eigenvalue weighted by Crippen LogP contribution is -2.41. The van der Waals surface area contributed by atoms with Gasteiger partial charge in [-0.1, -0.05) is 72.5 Å². The molecule has 226 valence electrons. The van der Waals surface area contributed by atoms with E-state index >= 15 is 0 Å². The summed E-state index contributed by atoms with van der Waals surface area (Å²) in [5.41, 5.74) is 15.8. The quantitative estimate of drug-likeness (QED) is 0.147. The molecule has 0 bridgehead atoms. The van der Waals surface area contributed by atoms with Crippen LogP contribution in [0.15, 0.2) is 139 Å². The number of nitrogens with zero attached hydrogens (tertiary/aromatic N) is 2. The lowest BCUT2D eigenvalue weighted by molar-refractivity contribution is 0.00578. The van der Waals surface area contributed by atoms with Crippen LogP contribution in [0.1, 0.15) is 27.7 Å². The first-order chi connectivity index (χ1) is 22.8. The summed E-state index contributed by atoms with van der Waals surface area (Å²) in [6, 6.07) is 39.5. The van der Waals surface area contributed by atoms with Crippen molar-refractivity contribution < 1.29 is 9.31 Å². The van der Waals surface area contributed by atoms with Crippen molar-refractivity contribution in [2.45, 2.75) is 38.9 Å². The van der Waals surface area contributed by atoms with Crippen LogP contribution < -0.4 is 5.46 Å².